The third-order valence-corrected chi connectivity index (χ3v) is 4.98. The van der Waals surface area contributed by atoms with Crippen molar-refractivity contribution >= 4 is 29.6 Å². The molecule has 32 heavy (non-hydrogen) atoms. The molecule has 3 heterocycles. The predicted molar refractivity (Wildman–Crippen MR) is 127 cm³/mol. The Kier molecular flexibility index (Phi) is 8.64. The second-order valence-corrected chi connectivity index (χ2v) is 8.57. The van der Waals surface area contributed by atoms with E-state index in [0.717, 1.165) is 64.0 Å². The van der Waals surface area contributed by atoms with Crippen molar-refractivity contribution in [2.75, 3.05) is 67.6 Å². The summed E-state index contributed by atoms with van der Waals surface area (Å²) in [5, 5.41) is 6.66. The fourth-order valence-electron chi connectivity index (χ4n) is 3.33. The zero-order valence-electron chi connectivity index (χ0n) is 19.2. The quantitative estimate of drug-likeness (QED) is 0.677. The van der Waals surface area contributed by atoms with Crippen molar-refractivity contribution in [2.45, 2.75) is 26.4 Å². The molecule has 1 aromatic heterocycles. The largest absolute Gasteiger partial charge is 0.462 e. The highest BCUT2D eigenvalue weighted by molar-refractivity contribution is 5.60. The number of benzene rings is 1. The van der Waals surface area contributed by atoms with Crippen LogP contribution in [0, 0.1) is 0 Å². The van der Waals surface area contributed by atoms with Gasteiger partial charge in [0.15, 0.2) is 0 Å². The van der Waals surface area contributed by atoms with Crippen molar-refractivity contribution in [3.63, 3.8) is 0 Å². The van der Waals surface area contributed by atoms with E-state index in [-0.39, 0.29) is 5.60 Å². The monoisotopic (exact) mass is 442 g/mol. The summed E-state index contributed by atoms with van der Waals surface area (Å²) in [4.78, 5) is 23.2. The average Bonchev–Trinajstić information content (AvgIpc) is 2.81. The summed E-state index contributed by atoms with van der Waals surface area (Å²) in [6, 6.07) is 10.4. The fraction of sp³-hybridized carbons (Fsp3) is 0.522. The lowest BCUT2D eigenvalue weighted by molar-refractivity contribution is -0.138. The number of hydrogen-bond acceptors (Lipinski definition) is 9. The van der Waals surface area contributed by atoms with E-state index >= 15 is 0 Å². The van der Waals surface area contributed by atoms with Gasteiger partial charge < -0.3 is 29.9 Å². The second-order valence-electron chi connectivity index (χ2n) is 8.57. The first-order valence-corrected chi connectivity index (χ1v) is 11.0. The van der Waals surface area contributed by atoms with Gasteiger partial charge in [-0.05, 0) is 51.1 Å². The van der Waals surface area contributed by atoms with Crippen molar-refractivity contribution in [2.24, 2.45) is 0 Å². The van der Waals surface area contributed by atoms with Crippen LogP contribution >= 0.6 is 0 Å². The molecule has 174 valence electrons. The normalized spacial score (nSPS) is 16.6. The van der Waals surface area contributed by atoms with Crippen LogP contribution in [0.1, 0.15) is 20.8 Å². The van der Waals surface area contributed by atoms with Crippen LogP contribution in [0.2, 0.25) is 0 Å². The summed E-state index contributed by atoms with van der Waals surface area (Å²) in [5.74, 6) is 1.61. The Bertz CT molecular complexity index is 828. The van der Waals surface area contributed by atoms with Crippen molar-refractivity contribution in [3.05, 3.63) is 36.5 Å². The fourth-order valence-corrected chi connectivity index (χ4v) is 3.33. The highest BCUT2D eigenvalue weighted by Gasteiger charge is 2.13. The lowest BCUT2D eigenvalue weighted by Crippen LogP contribution is -2.43. The lowest BCUT2D eigenvalue weighted by Gasteiger charge is -2.29. The zero-order chi connectivity index (χ0) is 22.8. The first kappa shape index (κ1) is 23.7. The van der Waals surface area contributed by atoms with Crippen molar-refractivity contribution in [1.82, 2.24) is 15.3 Å². The first-order chi connectivity index (χ1) is 15.4. The third kappa shape index (κ3) is 7.65. The Hall–Kier alpha value is -2.91. The average molecular weight is 443 g/mol. The Labute approximate surface area is 190 Å². The molecule has 2 aromatic rings. The molecule has 0 aliphatic carbocycles. The van der Waals surface area contributed by atoms with Crippen LogP contribution in [0.4, 0.5) is 23.1 Å². The lowest BCUT2D eigenvalue weighted by atomic mass is 10.2. The van der Waals surface area contributed by atoms with Gasteiger partial charge in [0.25, 0.3) is 6.47 Å². The van der Waals surface area contributed by atoms with Crippen LogP contribution in [0.3, 0.4) is 0 Å². The van der Waals surface area contributed by atoms with Crippen LogP contribution in [0.25, 0.3) is 0 Å². The minimum atomic E-state index is -0.318. The highest BCUT2D eigenvalue weighted by atomic mass is 16.5. The Morgan fingerprint density at radius 3 is 2.31 bits per heavy atom. The number of hydrogen-bond donors (Lipinski definition) is 2. The summed E-state index contributed by atoms with van der Waals surface area (Å²) < 4.78 is 9.96. The predicted octanol–water partition coefficient (Wildman–Crippen LogP) is 2.42. The van der Waals surface area contributed by atoms with Crippen LogP contribution in [-0.2, 0) is 14.3 Å². The molecule has 2 fully saturated rings. The number of carbonyl (C=O) groups excluding carboxylic acids is 1. The first-order valence-electron chi connectivity index (χ1n) is 11.0. The van der Waals surface area contributed by atoms with Gasteiger partial charge in [-0.3, -0.25) is 4.79 Å². The maximum Gasteiger partial charge on any atom is 0.293 e. The molecule has 2 N–H and O–H groups in total. The minimum absolute atomic E-state index is 0.318. The Morgan fingerprint density at radius 1 is 1.03 bits per heavy atom. The molecule has 0 bridgehead atoms. The number of nitrogens with zero attached hydrogens (tertiary/aromatic N) is 4. The Morgan fingerprint density at radius 2 is 1.72 bits per heavy atom. The van der Waals surface area contributed by atoms with Gasteiger partial charge >= 0.3 is 0 Å². The molecule has 0 unspecified atom stereocenters. The van der Waals surface area contributed by atoms with Crippen LogP contribution in [0.5, 0.6) is 0 Å². The number of morpholine rings is 1. The number of aromatic nitrogens is 2. The van der Waals surface area contributed by atoms with E-state index in [2.05, 4.69) is 59.4 Å². The van der Waals surface area contributed by atoms with E-state index in [1.165, 1.54) is 5.69 Å². The number of nitrogens with one attached hydrogen (secondary N) is 2. The van der Waals surface area contributed by atoms with E-state index < -0.39 is 0 Å². The van der Waals surface area contributed by atoms with E-state index in [1.54, 1.807) is 0 Å². The summed E-state index contributed by atoms with van der Waals surface area (Å²) in [7, 11) is 0. The van der Waals surface area contributed by atoms with Gasteiger partial charge in [0, 0.05) is 56.8 Å². The van der Waals surface area contributed by atoms with E-state index in [4.69, 9.17) is 4.74 Å². The number of rotatable bonds is 5. The molecule has 0 atom stereocenters. The molecule has 2 aliphatic heterocycles. The molecule has 9 heteroatoms. The van der Waals surface area contributed by atoms with Gasteiger partial charge in [0.1, 0.15) is 11.4 Å². The third-order valence-electron chi connectivity index (χ3n) is 4.98. The molecule has 2 saturated heterocycles. The minimum Gasteiger partial charge on any atom is -0.462 e. The SMILES string of the molecule is CC(C)(C)OC=O.c1cc(N2CCNCC2)nc(Nc2ccc(N3CCOCC3)cc2)n1. The van der Waals surface area contributed by atoms with Crippen molar-refractivity contribution in [1.29, 1.82) is 0 Å². The van der Waals surface area contributed by atoms with Gasteiger partial charge in [-0.2, -0.15) is 4.98 Å². The smallest absolute Gasteiger partial charge is 0.293 e. The van der Waals surface area contributed by atoms with Gasteiger partial charge in [0.2, 0.25) is 5.95 Å². The maximum atomic E-state index is 9.60. The van der Waals surface area contributed by atoms with Crippen LogP contribution in [0.15, 0.2) is 36.5 Å². The number of ether oxygens (including phenoxy) is 2. The number of piperazine rings is 1. The summed E-state index contributed by atoms with van der Waals surface area (Å²) in [6.45, 7) is 13.4. The van der Waals surface area contributed by atoms with Gasteiger partial charge in [-0.15, -0.1) is 0 Å². The van der Waals surface area contributed by atoms with Crippen molar-refractivity contribution < 1.29 is 14.3 Å². The molecule has 1 aromatic carbocycles. The standard InChI is InChI=1S/C18H24N6O.C5H10O2/c1-3-16(23-11-13-25-14-12-23)4-2-15(1)21-18-20-6-5-17(22-18)24-9-7-19-8-10-24;1-5(2,3)7-4-6/h1-6,19H,7-14H2,(H,20,21,22);4H,1-3H3. The topological polar surface area (TPSA) is 91.8 Å². The van der Waals surface area contributed by atoms with Crippen LogP contribution in [-0.4, -0.2) is 74.5 Å². The van der Waals surface area contributed by atoms with E-state index in [0.29, 0.717) is 12.4 Å². The number of anilines is 4. The van der Waals surface area contributed by atoms with Gasteiger partial charge in [-0.25, -0.2) is 4.98 Å². The number of carbonyl (C=O) groups is 1. The zero-order valence-corrected chi connectivity index (χ0v) is 19.2. The van der Waals surface area contributed by atoms with E-state index in [1.807, 2.05) is 33.0 Å². The van der Waals surface area contributed by atoms with Gasteiger partial charge in [0.05, 0.1) is 13.2 Å². The summed E-state index contributed by atoms with van der Waals surface area (Å²) in [6.07, 6.45) is 1.81. The second kappa shape index (κ2) is 11.6. The van der Waals surface area contributed by atoms with Gasteiger partial charge in [-0.1, -0.05) is 0 Å². The molecule has 2 aliphatic rings. The molecule has 0 amide bonds. The maximum absolute atomic E-state index is 9.60. The molecular weight excluding hydrogens is 408 g/mol. The highest BCUT2D eigenvalue weighted by Crippen LogP contribution is 2.21. The molecule has 4 rings (SSSR count). The molecular formula is C23H34N6O3. The van der Waals surface area contributed by atoms with Crippen LogP contribution < -0.4 is 20.4 Å². The molecule has 9 nitrogen and oxygen atoms in total. The Balaban J connectivity index is 0.000000360. The summed E-state index contributed by atoms with van der Waals surface area (Å²) in [5.41, 5.74) is 1.90. The molecule has 0 spiro atoms. The van der Waals surface area contributed by atoms with E-state index in [9.17, 15) is 4.79 Å². The summed E-state index contributed by atoms with van der Waals surface area (Å²) >= 11 is 0. The molecule has 0 saturated carbocycles. The van der Waals surface area contributed by atoms with Crippen molar-refractivity contribution in [3.8, 4) is 0 Å². The molecule has 0 radical (unpaired) electrons.